The molecule has 0 bridgehead atoms. The second-order valence-electron chi connectivity index (χ2n) is 4.23. The molecule has 6 heteroatoms. The lowest BCUT2D eigenvalue weighted by Crippen LogP contribution is -2.54. The van der Waals surface area contributed by atoms with Crippen LogP contribution in [-0.2, 0) is 25.7 Å². The lowest BCUT2D eigenvalue weighted by Gasteiger charge is -2.21. The summed E-state index contributed by atoms with van der Waals surface area (Å²) in [6.07, 6.45) is -0.550. The van der Waals surface area contributed by atoms with E-state index < -0.39 is 17.6 Å². The molecule has 0 saturated carbocycles. The second-order valence-corrected chi connectivity index (χ2v) is 4.23. The minimum absolute atomic E-state index is 0.0461. The summed E-state index contributed by atoms with van der Waals surface area (Å²) in [5.74, 6) is -0.827. The predicted octanol–water partition coefficient (Wildman–Crippen LogP) is 1.43. The minimum Gasteiger partial charge on any atom is -0.464 e. The summed E-state index contributed by atoms with van der Waals surface area (Å²) >= 11 is 0. The number of ether oxygens (including phenoxy) is 2. The van der Waals surface area contributed by atoms with Gasteiger partial charge in [0.15, 0.2) is 11.8 Å². The molecule has 1 aromatic rings. The number of aldehydes is 1. The van der Waals surface area contributed by atoms with Crippen molar-refractivity contribution in [3.8, 4) is 0 Å². The van der Waals surface area contributed by atoms with Gasteiger partial charge in [0, 0.05) is 0 Å². The average Bonchev–Trinajstić information content (AvgIpc) is 2.46. The number of amides is 1. The first kappa shape index (κ1) is 15.7. The molecule has 1 unspecified atom stereocenters. The van der Waals surface area contributed by atoms with Crippen molar-refractivity contribution < 1.29 is 23.9 Å². The maximum atomic E-state index is 11.6. The van der Waals surface area contributed by atoms with Crippen molar-refractivity contribution in [2.24, 2.45) is 0 Å². The van der Waals surface area contributed by atoms with Crippen LogP contribution in [0.3, 0.4) is 0 Å². The Morgan fingerprint density at radius 3 is 2.45 bits per heavy atom. The lowest BCUT2D eigenvalue weighted by atomic mass is 10.1. The molecule has 0 saturated heterocycles. The second kappa shape index (κ2) is 7.28. The molecule has 0 heterocycles. The Balaban J connectivity index is 2.55. The standard InChI is InChI=1S/C14H17NO5/c1-3-19-12(17)14(2,10-16)15-13(18)20-9-11-7-5-4-6-8-11/h4-8,10H,3,9H2,1-2H3,(H,15,18). The lowest BCUT2D eigenvalue weighted by molar-refractivity contribution is -0.151. The highest BCUT2D eigenvalue weighted by atomic mass is 16.6. The molecule has 0 aliphatic heterocycles. The molecular formula is C14H17NO5. The molecule has 0 aliphatic rings. The number of esters is 1. The maximum absolute atomic E-state index is 11.6. The largest absolute Gasteiger partial charge is 0.464 e. The van der Waals surface area contributed by atoms with Crippen molar-refractivity contribution >= 4 is 18.3 Å². The van der Waals surface area contributed by atoms with Crippen LogP contribution in [0.5, 0.6) is 0 Å². The van der Waals surface area contributed by atoms with Crippen molar-refractivity contribution in [1.29, 1.82) is 0 Å². The first-order chi connectivity index (χ1) is 9.51. The highest BCUT2D eigenvalue weighted by Gasteiger charge is 2.36. The quantitative estimate of drug-likeness (QED) is 0.484. The van der Waals surface area contributed by atoms with Crippen LogP contribution < -0.4 is 5.32 Å². The fourth-order valence-electron chi connectivity index (χ4n) is 1.38. The number of benzene rings is 1. The molecule has 1 rings (SSSR count). The number of carbonyl (C=O) groups is 3. The Morgan fingerprint density at radius 1 is 1.25 bits per heavy atom. The molecule has 108 valence electrons. The van der Waals surface area contributed by atoms with Crippen LogP contribution in [0.15, 0.2) is 30.3 Å². The summed E-state index contributed by atoms with van der Waals surface area (Å²) in [7, 11) is 0. The van der Waals surface area contributed by atoms with Crippen LogP contribution in [-0.4, -0.2) is 30.5 Å². The normalized spacial score (nSPS) is 12.9. The van der Waals surface area contributed by atoms with Crippen LogP contribution in [0.25, 0.3) is 0 Å². The van der Waals surface area contributed by atoms with E-state index in [1.807, 2.05) is 18.2 Å². The SMILES string of the molecule is CCOC(=O)C(C)(C=O)NC(=O)OCc1ccccc1. The summed E-state index contributed by atoms with van der Waals surface area (Å²) in [6.45, 7) is 3.02. The molecular weight excluding hydrogens is 262 g/mol. The third-order valence-corrected chi connectivity index (χ3v) is 2.51. The third-order valence-electron chi connectivity index (χ3n) is 2.51. The van der Waals surface area contributed by atoms with Crippen molar-refractivity contribution in [2.75, 3.05) is 6.61 Å². The monoisotopic (exact) mass is 279 g/mol. The van der Waals surface area contributed by atoms with Crippen LogP contribution in [0.4, 0.5) is 4.79 Å². The average molecular weight is 279 g/mol. The minimum atomic E-state index is -1.75. The van der Waals surface area contributed by atoms with Crippen molar-refractivity contribution in [1.82, 2.24) is 5.32 Å². The van der Waals surface area contributed by atoms with Gasteiger partial charge in [0.05, 0.1) is 6.61 Å². The molecule has 1 amide bonds. The molecule has 20 heavy (non-hydrogen) atoms. The maximum Gasteiger partial charge on any atom is 0.408 e. The number of alkyl carbamates (subject to hydrolysis) is 1. The van der Waals surface area contributed by atoms with Gasteiger partial charge >= 0.3 is 12.1 Å². The van der Waals surface area contributed by atoms with Gasteiger partial charge in [-0.25, -0.2) is 9.59 Å². The van der Waals surface area contributed by atoms with E-state index in [1.165, 1.54) is 6.92 Å². The van der Waals surface area contributed by atoms with Gasteiger partial charge in [0.25, 0.3) is 0 Å². The summed E-state index contributed by atoms with van der Waals surface area (Å²) in [5.41, 5.74) is -0.948. The Hall–Kier alpha value is -2.37. The fourth-order valence-corrected chi connectivity index (χ4v) is 1.38. The van der Waals surface area contributed by atoms with Gasteiger partial charge in [-0.2, -0.15) is 0 Å². The molecule has 0 aromatic heterocycles. The van der Waals surface area contributed by atoms with Gasteiger partial charge in [-0.1, -0.05) is 30.3 Å². The van der Waals surface area contributed by atoms with E-state index in [0.717, 1.165) is 5.56 Å². The molecule has 0 fully saturated rings. The Morgan fingerprint density at radius 2 is 1.90 bits per heavy atom. The molecule has 0 spiro atoms. The first-order valence-electron chi connectivity index (χ1n) is 6.14. The molecule has 0 radical (unpaired) electrons. The van der Waals surface area contributed by atoms with Crippen molar-refractivity contribution in [3.63, 3.8) is 0 Å². The number of carbonyl (C=O) groups excluding carboxylic acids is 3. The first-order valence-corrected chi connectivity index (χ1v) is 6.14. The van der Waals surface area contributed by atoms with E-state index in [-0.39, 0.29) is 13.2 Å². The number of hydrogen-bond acceptors (Lipinski definition) is 5. The fraction of sp³-hybridized carbons (Fsp3) is 0.357. The number of hydrogen-bond donors (Lipinski definition) is 1. The van der Waals surface area contributed by atoms with E-state index >= 15 is 0 Å². The molecule has 6 nitrogen and oxygen atoms in total. The molecule has 1 aromatic carbocycles. The van der Waals surface area contributed by atoms with Crippen molar-refractivity contribution in [3.05, 3.63) is 35.9 Å². The molecule has 1 N–H and O–H groups in total. The Labute approximate surface area is 117 Å². The highest BCUT2D eigenvalue weighted by molar-refractivity contribution is 6.00. The number of rotatable bonds is 6. The van der Waals surface area contributed by atoms with Gasteiger partial charge in [-0.15, -0.1) is 0 Å². The van der Waals surface area contributed by atoms with E-state index in [9.17, 15) is 14.4 Å². The van der Waals surface area contributed by atoms with E-state index in [1.54, 1.807) is 19.1 Å². The summed E-state index contributed by atoms with van der Waals surface area (Å²) in [6, 6.07) is 9.04. The van der Waals surface area contributed by atoms with Crippen LogP contribution >= 0.6 is 0 Å². The zero-order valence-corrected chi connectivity index (χ0v) is 11.4. The van der Waals surface area contributed by atoms with E-state index in [2.05, 4.69) is 5.32 Å². The molecule has 0 aliphatic carbocycles. The topological polar surface area (TPSA) is 81.7 Å². The molecule has 1 atom stereocenters. The smallest absolute Gasteiger partial charge is 0.408 e. The van der Waals surface area contributed by atoms with E-state index in [0.29, 0.717) is 6.29 Å². The van der Waals surface area contributed by atoms with Crippen LogP contribution in [0.2, 0.25) is 0 Å². The van der Waals surface area contributed by atoms with Gasteiger partial charge in [0.2, 0.25) is 0 Å². The highest BCUT2D eigenvalue weighted by Crippen LogP contribution is 2.06. The summed E-state index contributed by atoms with van der Waals surface area (Å²) < 4.78 is 9.66. The zero-order chi connectivity index (χ0) is 15.0. The number of nitrogens with one attached hydrogen (secondary N) is 1. The Kier molecular flexibility index (Phi) is 5.71. The summed E-state index contributed by atoms with van der Waals surface area (Å²) in [5, 5.41) is 2.19. The Bertz CT molecular complexity index is 474. The zero-order valence-electron chi connectivity index (χ0n) is 11.4. The van der Waals surface area contributed by atoms with Gasteiger partial charge in [0.1, 0.15) is 6.61 Å². The van der Waals surface area contributed by atoms with Crippen LogP contribution in [0.1, 0.15) is 19.4 Å². The van der Waals surface area contributed by atoms with Crippen LogP contribution in [0, 0.1) is 0 Å². The third kappa shape index (κ3) is 4.38. The van der Waals surface area contributed by atoms with E-state index in [4.69, 9.17) is 9.47 Å². The summed E-state index contributed by atoms with van der Waals surface area (Å²) in [4.78, 5) is 34.2. The van der Waals surface area contributed by atoms with Gasteiger partial charge < -0.3 is 14.3 Å². The predicted molar refractivity (Wildman–Crippen MR) is 70.9 cm³/mol. The van der Waals surface area contributed by atoms with Gasteiger partial charge in [-0.05, 0) is 19.4 Å². The van der Waals surface area contributed by atoms with Crippen molar-refractivity contribution in [2.45, 2.75) is 26.0 Å². The van der Waals surface area contributed by atoms with Gasteiger partial charge in [-0.3, -0.25) is 5.32 Å².